The number of aromatic nitrogens is 1. The van der Waals surface area contributed by atoms with E-state index in [0.29, 0.717) is 0 Å². The molecule has 0 spiro atoms. The van der Waals surface area contributed by atoms with Crippen LogP contribution >= 0.6 is 0 Å². The molecule has 1 aromatic heterocycles. The first-order valence-corrected chi connectivity index (χ1v) is 5.87. The summed E-state index contributed by atoms with van der Waals surface area (Å²) in [5.74, 6) is -1.08. The van der Waals surface area contributed by atoms with Gasteiger partial charge in [-0.25, -0.2) is 9.78 Å². The largest absolute Gasteiger partial charge is 0.493 e. The second-order valence-electron chi connectivity index (χ2n) is 4.00. The van der Waals surface area contributed by atoms with Gasteiger partial charge in [-0.2, -0.15) is 0 Å². The smallest absolute Gasteiger partial charge is 0.354 e. The Bertz CT molecular complexity index is 700. The zero-order valence-corrected chi connectivity index (χ0v) is 11.1. The van der Waals surface area contributed by atoms with Crippen molar-refractivity contribution in [2.45, 2.75) is 0 Å². The summed E-state index contributed by atoms with van der Waals surface area (Å²) in [6.07, 6.45) is 0. The molecule has 0 aliphatic carbocycles. The maximum absolute atomic E-state index is 11.1. The van der Waals surface area contributed by atoms with Gasteiger partial charge in [0.2, 0.25) is 11.8 Å². The van der Waals surface area contributed by atoms with E-state index in [-0.39, 0.29) is 28.6 Å². The quantitative estimate of drug-likeness (QED) is 0.865. The fourth-order valence-electron chi connectivity index (χ4n) is 1.61. The van der Waals surface area contributed by atoms with Crippen molar-refractivity contribution in [3.05, 3.63) is 47.7 Å². The number of amides is 1. The van der Waals surface area contributed by atoms with Crippen LogP contribution in [-0.4, -0.2) is 29.1 Å². The number of aromatic carboxylic acids is 1. The number of nitrogens with zero attached hydrogens (tertiary/aromatic N) is 1. The van der Waals surface area contributed by atoms with E-state index in [1.165, 1.54) is 43.5 Å². The summed E-state index contributed by atoms with van der Waals surface area (Å²) in [6.45, 7) is 0. The van der Waals surface area contributed by atoms with Crippen LogP contribution in [0.1, 0.15) is 20.8 Å². The van der Waals surface area contributed by atoms with E-state index in [0.717, 1.165) is 0 Å². The van der Waals surface area contributed by atoms with Crippen LogP contribution in [0.25, 0.3) is 0 Å². The first-order chi connectivity index (χ1) is 10.0. The van der Waals surface area contributed by atoms with Crippen molar-refractivity contribution in [1.29, 1.82) is 0 Å². The van der Waals surface area contributed by atoms with Crippen molar-refractivity contribution in [3.63, 3.8) is 0 Å². The molecule has 0 fully saturated rings. The number of hydrogen-bond acceptors (Lipinski definition) is 5. The minimum Gasteiger partial charge on any atom is -0.493 e. The highest BCUT2D eigenvalue weighted by molar-refractivity contribution is 5.93. The summed E-state index contributed by atoms with van der Waals surface area (Å²) >= 11 is 0. The van der Waals surface area contributed by atoms with Crippen LogP contribution in [0.2, 0.25) is 0 Å². The van der Waals surface area contributed by atoms with E-state index < -0.39 is 11.9 Å². The molecule has 1 aromatic carbocycles. The van der Waals surface area contributed by atoms with Crippen LogP contribution in [0, 0.1) is 0 Å². The molecular weight excluding hydrogens is 276 g/mol. The van der Waals surface area contributed by atoms with Crippen LogP contribution < -0.4 is 15.2 Å². The lowest BCUT2D eigenvalue weighted by Crippen LogP contribution is -2.11. The molecule has 3 N–H and O–H groups in total. The number of ether oxygens (including phenoxy) is 2. The predicted octanol–water partition coefficient (Wildman–Crippen LogP) is 1.68. The first kappa shape index (κ1) is 14.3. The van der Waals surface area contributed by atoms with Gasteiger partial charge in [0.15, 0.2) is 17.2 Å². The molecule has 1 heterocycles. The number of rotatable bonds is 5. The molecule has 0 atom stereocenters. The van der Waals surface area contributed by atoms with Crippen LogP contribution in [0.3, 0.4) is 0 Å². The Morgan fingerprint density at radius 3 is 2.57 bits per heavy atom. The number of benzene rings is 1. The molecule has 0 unspecified atom stereocenters. The Kier molecular flexibility index (Phi) is 4.03. The van der Waals surface area contributed by atoms with Crippen molar-refractivity contribution in [1.82, 2.24) is 4.98 Å². The monoisotopic (exact) mass is 288 g/mol. The van der Waals surface area contributed by atoms with Gasteiger partial charge in [0.25, 0.3) is 0 Å². The van der Waals surface area contributed by atoms with Gasteiger partial charge in [-0.15, -0.1) is 0 Å². The summed E-state index contributed by atoms with van der Waals surface area (Å²) in [5, 5.41) is 8.88. The fourth-order valence-corrected chi connectivity index (χ4v) is 1.61. The van der Waals surface area contributed by atoms with E-state index in [4.69, 9.17) is 20.3 Å². The summed E-state index contributed by atoms with van der Waals surface area (Å²) in [6, 6.07) is 8.76. The van der Waals surface area contributed by atoms with Crippen LogP contribution in [0.5, 0.6) is 17.4 Å². The Morgan fingerprint density at radius 2 is 1.95 bits per heavy atom. The van der Waals surface area contributed by atoms with Gasteiger partial charge in [-0.1, -0.05) is 6.07 Å². The highest BCUT2D eigenvalue weighted by atomic mass is 16.5. The van der Waals surface area contributed by atoms with Gasteiger partial charge in [-0.3, -0.25) is 4.79 Å². The normalized spacial score (nSPS) is 9.95. The number of carbonyl (C=O) groups is 2. The van der Waals surface area contributed by atoms with Gasteiger partial charge in [0.05, 0.1) is 7.11 Å². The zero-order valence-electron chi connectivity index (χ0n) is 11.1. The van der Waals surface area contributed by atoms with E-state index in [2.05, 4.69) is 4.98 Å². The van der Waals surface area contributed by atoms with Crippen molar-refractivity contribution < 1.29 is 24.2 Å². The van der Waals surface area contributed by atoms with E-state index in [9.17, 15) is 9.59 Å². The molecule has 0 aliphatic rings. The lowest BCUT2D eigenvalue weighted by atomic mass is 10.2. The standard InChI is InChI=1S/C14H12N2O5/c1-20-11-7-8(13(15)17)5-6-10(11)21-12-4-2-3-9(16-12)14(18)19/h2-7H,1H3,(H2,15,17)(H,18,19). The molecule has 0 aliphatic heterocycles. The molecular formula is C14H12N2O5. The molecule has 7 nitrogen and oxygen atoms in total. The van der Waals surface area contributed by atoms with E-state index >= 15 is 0 Å². The summed E-state index contributed by atoms with van der Waals surface area (Å²) < 4.78 is 10.6. The number of carboxylic acids is 1. The molecule has 0 saturated heterocycles. The number of carbonyl (C=O) groups excluding carboxylic acids is 1. The number of hydrogen-bond donors (Lipinski definition) is 2. The van der Waals surface area contributed by atoms with Gasteiger partial charge in [-0.05, 0) is 24.3 Å². The number of methoxy groups -OCH3 is 1. The summed E-state index contributed by atoms with van der Waals surface area (Å²) in [7, 11) is 1.41. The average molecular weight is 288 g/mol. The SMILES string of the molecule is COc1cc(C(N)=O)ccc1Oc1cccc(C(=O)O)n1. The number of carboxylic acid groups (broad SMARTS) is 1. The Hall–Kier alpha value is -3.09. The second kappa shape index (κ2) is 5.91. The van der Waals surface area contributed by atoms with Crippen LogP contribution in [0.4, 0.5) is 0 Å². The van der Waals surface area contributed by atoms with Crippen molar-refractivity contribution in [2.75, 3.05) is 7.11 Å². The Morgan fingerprint density at radius 1 is 1.19 bits per heavy atom. The lowest BCUT2D eigenvalue weighted by molar-refractivity contribution is 0.0689. The van der Waals surface area contributed by atoms with Gasteiger partial charge >= 0.3 is 5.97 Å². The molecule has 0 bridgehead atoms. The Labute approximate surface area is 119 Å². The van der Waals surface area contributed by atoms with Crippen molar-refractivity contribution in [2.24, 2.45) is 5.73 Å². The minimum atomic E-state index is -1.16. The fraction of sp³-hybridized carbons (Fsp3) is 0.0714. The number of pyridine rings is 1. The Balaban J connectivity index is 2.33. The summed E-state index contributed by atoms with van der Waals surface area (Å²) in [4.78, 5) is 25.8. The third-order valence-corrected chi connectivity index (χ3v) is 2.61. The topological polar surface area (TPSA) is 112 Å². The maximum Gasteiger partial charge on any atom is 0.354 e. The van der Waals surface area contributed by atoms with Gasteiger partial charge < -0.3 is 20.3 Å². The second-order valence-corrected chi connectivity index (χ2v) is 4.00. The van der Waals surface area contributed by atoms with Crippen LogP contribution in [-0.2, 0) is 0 Å². The van der Waals surface area contributed by atoms with E-state index in [1.54, 1.807) is 0 Å². The van der Waals surface area contributed by atoms with Crippen molar-refractivity contribution >= 4 is 11.9 Å². The van der Waals surface area contributed by atoms with Crippen LogP contribution in [0.15, 0.2) is 36.4 Å². The zero-order chi connectivity index (χ0) is 15.4. The molecule has 1 amide bonds. The highest BCUT2D eigenvalue weighted by Gasteiger charge is 2.12. The van der Waals surface area contributed by atoms with Crippen molar-refractivity contribution in [3.8, 4) is 17.4 Å². The minimum absolute atomic E-state index is 0.0972. The van der Waals surface area contributed by atoms with Gasteiger partial charge in [0.1, 0.15) is 0 Å². The molecule has 7 heteroatoms. The molecule has 108 valence electrons. The first-order valence-electron chi connectivity index (χ1n) is 5.87. The maximum atomic E-state index is 11.1. The molecule has 2 aromatic rings. The third-order valence-electron chi connectivity index (χ3n) is 2.61. The lowest BCUT2D eigenvalue weighted by Gasteiger charge is -2.10. The van der Waals surface area contributed by atoms with E-state index in [1.807, 2.05) is 0 Å². The summed E-state index contributed by atoms with van der Waals surface area (Å²) in [5.41, 5.74) is 5.31. The number of primary amides is 1. The van der Waals surface area contributed by atoms with Gasteiger partial charge in [0, 0.05) is 11.6 Å². The highest BCUT2D eigenvalue weighted by Crippen LogP contribution is 2.31. The molecule has 21 heavy (non-hydrogen) atoms. The predicted molar refractivity (Wildman–Crippen MR) is 72.8 cm³/mol. The molecule has 0 saturated carbocycles. The third kappa shape index (κ3) is 3.27. The average Bonchev–Trinajstić information content (AvgIpc) is 2.47. The number of nitrogens with two attached hydrogens (primary N) is 1. The molecule has 2 rings (SSSR count). The molecule has 0 radical (unpaired) electrons.